The molecule has 0 spiro atoms. The minimum atomic E-state index is 0. The third-order valence-corrected chi connectivity index (χ3v) is 4.06. The third kappa shape index (κ3) is 5.35. The van der Waals surface area contributed by atoms with Crippen molar-refractivity contribution in [3.8, 4) is 0 Å². The maximum atomic E-state index is 11.8. The quantitative estimate of drug-likeness (QED) is 0.288. The van der Waals surface area contributed by atoms with E-state index in [1.165, 1.54) is 5.56 Å². The largest absolute Gasteiger partial charge is 0.356 e. The van der Waals surface area contributed by atoms with E-state index in [0.29, 0.717) is 13.0 Å². The monoisotopic (exact) mass is 434 g/mol. The van der Waals surface area contributed by atoms with Crippen molar-refractivity contribution in [2.24, 2.45) is 4.99 Å². The van der Waals surface area contributed by atoms with Gasteiger partial charge in [-0.15, -0.1) is 24.0 Å². The first kappa shape index (κ1) is 19.1. The lowest BCUT2D eigenvalue weighted by atomic mass is 9.90. The molecule has 0 bridgehead atoms. The molecule has 3 N–H and O–H groups in total. The minimum Gasteiger partial charge on any atom is -0.356 e. The van der Waals surface area contributed by atoms with Gasteiger partial charge in [-0.1, -0.05) is 18.2 Å². The number of rotatable bonds is 5. The predicted octanol–water partition coefficient (Wildman–Crippen LogP) is 2.26. The molecule has 0 aromatic heterocycles. The Balaban J connectivity index is 0.00000242. The topological polar surface area (TPSA) is 65.5 Å². The Morgan fingerprint density at radius 2 is 2.18 bits per heavy atom. The Kier molecular flexibility index (Phi) is 8.62. The number of hydrogen-bond acceptors (Lipinski definition) is 3. The van der Waals surface area contributed by atoms with Gasteiger partial charge in [0.15, 0.2) is 5.96 Å². The van der Waals surface area contributed by atoms with E-state index in [0.717, 1.165) is 23.9 Å². The molecule has 1 aliphatic rings. The Labute approximate surface area is 153 Å². The molecule has 1 aliphatic heterocycles. The van der Waals surface area contributed by atoms with E-state index < -0.39 is 0 Å². The fourth-order valence-electron chi connectivity index (χ4n) is 2.40. The van der Waals surface area contributed by atoms with Crippen LogP contribution in [0.4, 0.5) is 5.69 Å². The Morgan fingerprint density at radius 1 is 1.41 bits per heavy atom. The molecule has 1 amide bonds. The molecule has 0 fully saturated rings. The summed E-state index contributed by atoms with van der Waals surface area (Å²) in [5.74, 6) is 2.07. The van der Waals surface area contributed by atoms with Crippen molar-refractivity contribution in [1.29, 1.82) is 0 Å². The van der Waals surface area contributed by atoms with Gasteiger partial charge in [0.25, 0.3) is 0 Å². The minimum absolute atomic E-state index is 0. The number of anilines is 1. The van der Waals surface area contributed by atoms with Gasteiger partial charge >= 0.3 is 0 Å². The van der Waals surface area contributed by atoms with Gasteiger partial charge in [0.1, 0.15) is 0 Å². The molecule has 122 valence electrons. The fourth-order valence-corrected chi connectivity index (χ4v) is 2.70. The number of thioether (sulfide) groups is 1. The molecule has 22 heavy (non-hydrogen) atoms. The van der Waals surface area contributed by atoms with Gasteiger partial charge in [0.05, 0.1) is 0 Å². The van der Waals surface area contributed by atoms with E-state index in [1.54, 1.807) is 18.8 Å². The zero-order valence-electron chi connectivity index (χ0n) is 12.9. The van der Waals surface area contributed by atoms with E-state index in [1.807, 2.05) is 18.2 Å². The lowest BCUT2D eigenvalue weighted by Gasteiger charge is -2.26. The SMILES string of the molecule is CN=C(NCCSC)NCC1CC(=O)Nc2ccccc21.I. The summed E-state index contributed by atoms with van der Waals surface area (Å²) in [7, 11) is 1.76. The molecule has 1 atom stereocenters. The highest BCUT2D eigenvalue weighted by Crippen LogP contribution is 2.31. The highest BCUT2D eigenvalue weighted by Gasteiger charge is 2.24. The molecule has 1 aromatic carbocycles. The molecule has 0 radical (unpaired) electrons. The molecule has 0 saturated heterocycles. The van der Waals surface area contributed by atoms with Gasteiger partial charge < -0.3 is 16.0 Å². The van der Waals surface area contributed by atoms with E-state index in [4.69, 9.17) is 0 Å². The Morgan fingerprint density at radius 3 is 2.91 bits per heavy atom. The normalized spacial score (nSPS) is 17.1. The smallest absolute Gasteiger partial charge is 0.225 e. The number of guanidine groups is 1. The zero-order chi connectivity index (χ0) is 15.1. The number of fused-ring (bicyclic) bond motifs is 1. The van der Waals surface area contributed by atoms with Crippen LogP contribution in [0.15, 0.2) is 29.3 Å². The van der Waals surface area contributed by atoms with Crippen LogP contribution in [0.2, 0.25) is 0 Å². The average Bonchev–Trinajstić information content (AvgIpc) is 2.50. The zero-order valence-corrected chi connectivity index (χ0v) is 16.0. The molecule has 2 rings (SSSR count). The van der Waals surface area contributed by atoms with Crippen molar-refractivity contribution in [2.75, 3.05) is 37.5 Å². The van der Waals surface area contributed by atoms with Crippen LogP contribution in [0.1, 0.15) is 17.9 Å². The number of hydrogen-bond donors (Lipinski definition) is 3. The lowest BCUT2D eigenvalue weighted by molar-refractivity contribution is -0.116. The lowest BCUT2D eigenvalue weighted by Crippen LogP contribution is -2.41. The second-order valence-corrected chi connectivity index (χ2v) is 5.89. The number of halogens is 1. The number of nitrogens with one attached hydrogen (secondary N) is 3. The van der Waals surface area contributed by atoms with Crippen LogP contribution in [-0.2, 0) is 4.79 Å². The van der Waals surface area contributed by atoms with Crippen LogP contribution >= 0.6 is 35.7 Å². The number of aliphatic imine (C=N–C) groups is 1. The number of carbonyl (C=O) groups excluding carboxylic acids is 1. The maximum Gasteiger partial charge on any atom is 0.225 e. The first-order valence-electron chi connectivity index (χ1n) is 7.07. The van der Waals surface area contributed by atoms with E-state index in [9.17, 15) is 4.79 Å². The second kappa shape index (κ2) is 9.94. The number of carbonyl (C=O) groups is 1. The van der Waals surface area contributed by atoms with Crippen LogP contribution in [0.3, 0.4) is 0 Å². The van der Waals surface area contributed by atoms with Crippen molar-refractivity contribution in [3.05, 3.63) is 29.8 Å². The number of benzene rings is 1. The van der Waals surface area contributed by atoms with Crippen LogP contribution in [-0.4, -0.2) is 44.0 Å². The first-order valence-corrected chi connectivity index (χ1v) is 8.46. The fraction of sp³-hybridized carbons (Fsp3) is 0.467. The highest BCUT2D eigenvalue weighted by molar-refractivity contribution is 14.0. The molecule has 1 heterocycles. The third-order valence-electron chi connectivity index (χ3n) is 3.44. The molecule has 5 nitrogen and oxygen atoms in total. The predicted molar refractivity (Wildman–Crippen MR) is 106 cm³/mol. The summed E-state index contributed by atoms with van der Waals surface area (Å²) in [6.45, 7) is 1.58. The average molecular weight is 434 g/mol. The van der Waals surface area contributed by atoms with Crippen LogP contribution < -0.4 is 16.0 Å². The standard InChI is InChI=1S/C15H22N4OS.HI/c1-16-15(17-7-8-21-2)18-10-11-9-14(20)19-13-6-4-3-5-12(11)13;/h3-6,11H,7-10H2,1-2H3,(H,19,20)(H2,16,17,18);1H. The summed E-state index contributed by atoms with van der Waals surface area (Å²) in [4.78, 5) is 16.0. The Hall–Kier alpha value is -0.960. The van der Waals surface area contributed by atoms with Crippen molar-refractivity contribution >= 4 is 53.3 Å². The number of amides is 1. The van der Waals surface area contributed by atoms with Crippen molar-refractivity contribution in [1.82, 2.24) is 10.6 Å². The van der Waals surface area contributed by atoms with Crippen LogP contribution in [0.25, 0.3) is 0 Å². The summed E-state index contributed by atoms with van der Waals surface area (Å²) in [5, 5.41) is 9.49. The second-order valence-electron chi connectivity index (χ2n) is 4.91. The summed E-state index contributed by atoms with van der Waals surface area (Å²) < 4.78 is 0. The first-order chi connectivity index (χ1) is 10.2. The van der Waals surface area contributed by atoms with Crippen LogP contribution in [0.5, 0.6) is 0 Å². The van der Waals surface area contributed by atoms with Gasteiger partial charge in [0, 0.05) is 43.9 Å². The molecular formula is C15H23IN4OS. The Bertz CT molecular complexity index is 524. The highest BCUT2D eigenvalue weighted by atomic mass is 127. The van der Waals surface area contributed by atoms with Crippen molar-refractivity contribution in [2.45, 2.75) is 12.3 Å². The van der Waals surface area contributed by atoms with Gasteiger partial charge in [-0.05, 0) is 17.9 Å². The molecule has 1 unspecified atom stereocenters. The summed E-state index contributed by atoms with van der Waals surface area (Å²) >= 11 is 1.79. The molecule has 7 heteroatoms. The summed E-state index contributed by atoms with van der Waals surface area (Å²) in [6, 6.07) is 7.97. The van der Waals surface area contributed by atoms with E-state index in [-0.39, 0.29) is 35.8 Å². The van der Waals surface area contributed by atoms with Gasteiger partial charge in [-0.2, -0.15) is 11.8 Å². The van der Waals surface area contributed by atoms with Crippen molar-refractivity contribution < 1.29 is 4.79 Å². The van der Waals surface area contributed by atoms with Gasteiger partial charge in [0.2, 0.25) is 5.91 Å². The van der Waals surface area contributed by atoms with Gasteiger partial charge in [-0.3, -0.25) is 9.79 Å². The number of para-hydroxylation sites is 1. The van der Waals surface area contributed by atoms with Crippen LogP contribution in [0, 0.1) is 0 Å². The van der Waals surface area contributed by atoms with E-state index >= 15 is 0 Å². The van der Waals surface area contributed by atoms with Crippen molar-refractivity contribution in [3.63, 3.8) is 0 Å². The molecule has 0 saturated carbocycles. The van der Waals surface area contributed by atoms with E-state index in [2.05, 4.69) is 33.3 Å². The summed E-state index contributed by atoms with van der Waals surface area (Å²) in [6.07, 6.45) is 2.58. The maximum absolute atomic E-state index is 11.8. The molecular weight excluding hydrogens is 411 g/mol. The van der Waals surface area contributed by atoms with Gasteiger partial charge in [-0.25, -0.2) is 0 Å². The molecule has 1 aromatic rings. The number of nitrogens with zero attached hydrogens (tertiary/aromatic N) is 1. The molecule has 0 aliphatic carbocycles. The summed E-state index contributed by atoms with van der Waals surface area (Å²) in [5.41, 5.74) is 2.11.